The molecule has 0 bridgehead atoms. The zero-order chi connectivity index (χ0) is 17.2. The summed E-state index contributed by atoms with van der Waals surface area (Å²) in [5.74, 6) is 0. The molecule has 8 nitrogen and oxygen atoms in total. The number of ether oxygens (including phenoxy) is 4. The van der Waals surface area contributed by atoms with Crippen molar-refractivity contribution in [3.8, 4) is 0 Å². The van der Waals surface area contributed by atoms with Crippen LogP contribution in [0.15, 0.2) is 0 Å². The van der Waals surface area contributed by atoms with Gasteiger partial charge in [-0.05, 0) is 13.8 Å². The zero-order valence-electron chi connectivity index (χ0n) is 13.4. The first-order valence-corrected chi connectivity index (χ1v) is 8.85. The Kier molecular flexibility index (Phi) is 6.73. The predicted molar refractivity (Wildman–Crippen MR) is 81.4 cm³/mol. The van der Waals surface area contributed by atoms with E-state index in [4.69, 9.17) is 43.7 Å². The van der Waals surface area contributed by atoms with E-state index in [0.717, 1.165) is 0 Å². The molecule has 23 heavy (non-hydrogen) atoms. The van der Waals surface area contributed by atoms with Crippen molar-refractivity contribution in [1.82, 2.24) is 0 Å². The number of hydrogen-bond acceptors (Lipinski definition) is 7. The average molecular weight is 346 g/mol. The van der Waals surface area contributed by atoms with Crippen molar-refractivity contribution in [3.63, 3.8) is 0 Å². The lowest BCUT2D eigenvalue weighted by Crippen LogP contribution is -2.38. The SMILES string of the molecule is [B]C1OCC(OP(=O)(O)OC2C([B])OCC2OC)C1OC(C)C. The first kappa shape index (κ1) is 19.4. The van der Waals surface area contributed by atoms with E-state index in [1.165, 1.54) is 7.11 Å². The number of methoxy groups -OCH3 is 1. The summed E-state index contributed by atoms with van der Waals surface area (Å²) in [5, 5.41) is 0. The molecule has 0 aromatic rings. The van der Waals surface area contributed by atoms with E-state index in [-0.39, 0.29) is 19.3 Å². The molecule has 11 heteroatoms. The van der Waals surface area contributed by atoms with Crippen molar-refractivity contribution in [1.29, 1.82) is 0 Å². The van der Waals surface area contributed by atoms with Gasteiger partial charge < -0.3 is 23.8 Å². The molecule has 2 fully saturated rings. The fourth-order valence-corrected chi connectivity index (χ4v) is 3.60. The predicted octanol–water partition coefficient (Wildman–Crippen LogP) is -0.285. The summed E-state index contributed by atoms with van der Waals surface area (Å²) in [7, 11) is 8.45. The minimum Gasteiger partial charge on any atom is -0.382 e. The van der Waals surface area contributed by atoms with Gasteiger partial charge in [0.25, 0.3) is 0 Å². The molecule has 2 saturated heterocycles. The van der Waals surface area contributed by atoms with Gasteiger partial charge >= 0.3 is 7.82 Å². The minimum atomic E-state index is -4.44. The first-order valence-electron chi connectivity index (χ1n) is 7.35. The van der Waals surface area contributed by atoms with E-state index < -0.39 is 44.2 Å². The molecule has 0 aliphatic carbocycles. The lowest BCUT2D eigenvalue weighted by atomic mass is 9.93. The van der Waals surface area contributed by atoms with Crippen LogP contribution in [0.5, 0.6) is 0 Å². The first-order chi connectivity index (χ1) is 10.7. The Balaban J connectivity index is 1.98. The lowest BCUT2D eigenvalue weighted by Gasteiger charge is -2.27. The van der Waals surface area contributed by atoms with Gasteiger partial charge in [-0.1, -0.05) is 0 Å². The molecule has 0 aromatic carbocycles. The van der Waals surface area contributed by atoms with E-state index >= 15 is 0 Å². The Bertz CT molecular complexity index is 439. The third kappa shape index (κ3) is 5.03. The monoisotopic (exact) mass is 346 g/mol. The molecule has 128 valence electrons. The van der Waals surface area contributed by atoms with Crippen LogP contribution in [0.4, 0.5) is 0 Å². The topological polar surface area (TPSA) is 92.7 Å². The van der Waals surface area contributed by atoms with E-state index in [1.807, 2.05) is 13.8 Å². The Labute approximate surface area is 138 Å². The molecule has 2 aliphatic heterocycles. The van der Waals surface area contributed by atoms with Gasteiger partial charge in [0, 0.05) is 19.1 Å². The average Bonchev–Trinajstić information content (AvgIpc) is 2.95. The van der Waals surface area contributed by atoms with E-state index in [2.05, 4.69) is 0 Å². The Morgan fingerprint density at radius 3 is 2.22 bits per heavy atom. The zero-order valence-corrected chi connectivity index (χ0v) is 14.3. The number of hydrogen-bond donors (Lipinski definition) is 1. The second-order valence-electron chi connectivity index (χ2n) is 5.70. The van der Waals surface area contributed by atoms with Crippen molar-refractivity contribution >= 4 is 23.5 Å². The van der Waals surface area contributed by atoms with E-state index in [9.17, 15) is 9.46 Å². The normalized spacial score (nSPS) is 40.6. The molecule has 0 aromatic heterocycles. The van der Waals surface area contributed by atoms with Gasteiger partial charge in [0.05, 0.1) is 19.3 Å². The third-order valence-electron chi connectivity index (χ3n) is 3.54. The second-order valence-corrected chi connectivity index (χ2v) is 7.06. The third-order valence-corrected chi connectivity index (χ3v) is 4.59. The standard InChI is InChI=1S/C12H21B2O8P/c1-6(2)20-9-8(5-19-11(9)13)21-23(15,16)22-10-7(17-3)4-18-12(10)14/h6-12H,4-5H2,1-3H3,(H,15,16). The molecular weight excluding hydrogens is 325 g/mol. The highest BCUT2D eigenvalue weighted by atomic mass is 31.2. The van der Waals surface area contributed by atoms with Crippen LogP contribution in [-0.4, -0.2) is 83.4 Å². The van der Waals surface area contributed by atoms with Gasteiger partial charge in [0.15, 0.2) is 0 Å². The molecule has 2 heterocycles. The van der Waals surface area contributed by atoms with Crippen LogP contribution in [0.25, 0.3) is 0 Å². The van der Waals surface area contributed by atoms with Crippen molar-refractivity contribution in [3.05, 3.63) is 0 Å². The lowest BCUT2D eigenvalue weighted by molar-refractivity contribution is -0.0559. The summed E-state index contributed by atoms with van der Waals surface area (Å²) < 4.78 is 43.6. The van der Waals surface area contributed by atoms with Crippen LogP contribution < -0.4 is 0 Å². The van der Waals surface area contributed by atoms with Crippen LogP contribution >= 0.6 is 7.82 Å². The molecule has 0 saturated carbocycles. The smallest absolute Gasteiger partial charge is 0.382 e. The molecule has 7 unspecified atom stereocenters. The van der Waals surface area contributed by atoms with Crippen molar-refractivity contribution in [2.24, 2.45) is 0 Å². The molecule has 1 N–H and O–H groups in total. The quantitative estimate of drug-likeness (QED) is 0.497. The fourth-order valence-electron chi connectivity index (χ4n) is 2.46. The summed E-state index contributed by atoms with van der Waals surface area (Å²) in [6.45, 7) is 3.82. The number of phosphoric ester groups is 1. The minimum absolute atomic E-state index is 0.0212. The highest BCUT2D eigenvalue weighted by Crippen LogP contribution is 2.49. The summed E-state index contributed by atoms with van der Waals surface area (Å²) in [4.78, 5) is 10.00. The maximum Gasteiger partial charge on any atom is 0.473 e. The maximum atomic E-state index is 12.3. The summed E-state index contributed by atoms with van der Waals surface area (Å²) in [6.07, 6.45) is -3.13. The van der Waals surface area contributed by atoms with Gasteiger partial charge in [-0.3, -0.25) is 9.05 Å². The van der Waals surface area contributed by atoms with E-state index in [1.54, 1.807) is 0 Å². The highest BCUT2D eigenvalue weighted by Gasteiger charge is 2.45. The molecule has 2 aliphatic rings. The molecule has 4 radical (unpaired) electrons. The maximum absolute atomic E-state index is 12.3. The summed E-state index contributed by atoms with van der Waals surface area (Å²) in [5.41, 5.74) is 0. The molecule has 7 atom stereocenters. The highest BCUT2D eigenvalue weighted by molar-refractivity contribution is 7.47. The van der Waals surface area contributed by atoms with E-state index in [0.29, 0.717) is 0 Å². The molecule has 0 spiro atoms. The van der Waals surface area contributed by atoms with Crippen LogP contribution in [0.2, 0.25) is 0 Å². The van der Waals surface area contributed by atoms with Crippen molar-refractivity contribution in [2.75, 3.05) is 20.3 Å². The van der Waals surface area contributed by atoms with Gasteiger partial charge in [0.2, 0.25) is 0 Å². The van der Waals surface area contributed by atoms with Gasteiger partial charge in [0.1, 0.15) is 40.1 Å². The van der Waals surface area contributed by atoms with Crippen LogP contribution in [-0.2, 0) is 32.6 Å². The largest absolute Gasteiger partial charge is 0.473 e. The van der Waals surface area contributed by atoms with Crippen LogP contribution in [0.1, 0.15) is 13.8 Å². The van der Waals surface area contributed by atoms with Crippen molar-refractivity contribution < 1.29 is 37.5 Å². The molecule has 0 amide bonds. The fraction of sp³-hybridized carbons (Fsp3) is 1.00. The second kappa shape index (κ2) is 7.97. The van der Waals surface area contributed by atoms with Gasteiger partial charge in [-0.25, -0.2) is 4.57 Å². The Hall–Kier alpha value is 0.0799. The Morgan fingerprint density at radius 1 is 1.09 bits per heavy atom. The van der Waals surface area contributed by atoms with Gasteiger partial charge in [-0.2, -0.15) is 0 Å². The number of phosphoric acid groups is 1. The van der Waals surface area contributed by atoms with Crippen LogP contribution in [0, 0.1) is 0 Å². The summed E-state index contributed by atoms with van der Waals surface area (Å²) in [6, 6.07) is -1.62. The van der Waals surface area contributed by atoms with Gasteiger partial charge in [-0.15, -0.1) is 0 Å². The van der Waals surface area contributed by atoms with Crippen molar-refractivity contribution in [2.45, 2.75) is 56.4 Å². The molecule has 2 rings (SSSR count). The Morgan fingerprint density at radius 2 is 1.65 bits per heavy atom. The number of rotatable bonds is 7. The summed E-state index contributed by atoms with van der Waals surface area (Å²) >= 11 is 0. The van der Waals surface area contributed by atoms with Crippen LogP contribution in [0.3, 0.4) is 0 Å². The molecular formula is C12H21B2O8P.